The number of hydrogen-bond donors (Lipinski definition) is 2. The first-order valence-electron chi connectivity index (χ1n) is 8.08. The summed E-state index contributed by atoms with van der Waals surface area (Å²) in [5.41, 5.74) is -0.362. The number of amides is 1. The Morgan fingerprint density at radius 2 is 1.96 bits per heavy atom. The molecule has 2 N–H and O–H groups in total. The van der Waals surface area contributed by atoms with Crippen LogP contribution < -0.4 is 10.1 Å². The highest BCUT2D eigenvalue weighted by molar-refractivity contribution is 5.84. The van der Waals surface area contributed by atoms with E-state index in [2.05, 4.69) is 10.1 Å². The van der Waals surface area contributed by atoms with E-state index in [1.54, 1.807) is 6.07 Å². The van der Waals surface area contributed by atoms with E-state index in [0.29, 0.717) is 24.8 Å². The number of carboxylic acids is 1. The smallest absolute Gasteiger partial charge is 0.481 e. The summed E-state index contributed by atoms with van der Waals surface area (Å²) >= 11 is 0. The van der Waals surface area contributed by atoms with Crippen molar-refractivity contribution in [2.75, 3.05) is 0 Å². The molecular weight excluding hydrogens is 339 g/mol. The van der Waals surface area contributed by atoms with Crippen LogP contribution in [0.2, 0.25) is 0 Å². The van der Waals surface area contributed by atoms with Crippen LogP contribution in [0.3, 0.4) is 0 Å². The highest BCUT2D eigenvalue weighted by atomic mass is 19.4. The first-order chi connectivity index (χ1) is 11.7. The van der Waals surface area contributed by atoms with Gasteiger partial charge >= 0.3 is 12.3 Å². The molecule has 5 nitrogen and oxygen atoms in total. The lowest BCUT2D eigenvalue weighted by Crippen LogP contribution is -2.55. The molecule has 25 heavy (non-hydrogen) atoms. The summed E-state index contributed by atoms with van der Waals surface area (Å²) in [4.78, 5) is 23.4. The normalized spacial score (nSPS) is 24.1. The van der Waals surface area contributed by atoms with Gasteiger partial charge in [-0.25, -0.2) is 0 Å². The van der Waals surface area contributed by atoms with Gasteiger partial charge in [0.2, 0.25) is 5.91 Å². The summed E-state index contributed by atoms with van der Waals surface area (Å²) in [5.74, 6) is -2.37. The zero-order chi connectivity index (χ0) is 18.2. The van der Waals surface area contributed by atoms with Gasteiger partial charge in [0.25, 0.3) is 0 Å². The first kappa shape index (κ1) is 17.6. The van der Waals surface area contributed by atoms with Crippen molar-refractivity contribution in [2.45, 2.75) is 49.9 Å². The zero-order valence-electron chi connectivity index (χ0n) is 13.3. The molecule has 2 aliphatic carbocycles. The van der Waals surface area contributed by atoms with Gasteiger partial charge in [-0.05, 0) is 43.2 Å². The number of ether oxygens (including phenoxy) is 1. The summed E-state index contributed by atoms with van der Waals surface area (Å²) in [7, 11) is 0. The van der Waals surface area contributed by atoms with Crippen LogP contribution in [-0.4, -0.2) is 28.9 Å². The molecule has 0 aliphatic heterocycles. The van der Waals surface area contributed by atoms with Crippen LogP contribution in [0.15, 0.2) is 24.3 Å². The molecular formula is C17H18F3NO4. The molecule has 1 aromatic carbocycles. The number of alkyl halides is 3. The third-order valence-electron chi connectivity index (χ3n) is 4.86. The number of benzene rings is 1. The van der Waals surface area contributed by atoms with Gasteiger partial charge in [0.1, 0.15) is 5.75 Å². The second-order valence-electron chi connectivity index (χ2n) is 6.73. The lowest BCUT2D eigenvalue weighted by atomic mass is 9.74. The summed E-state index contributed by atoms with van der Waals surface area (Å²) in [5, 5.41) is 11.8. The van der Waals surface area contributed by atoms with E-state index in [4.69, 9.17) is 5.11 Å². The maximum Gasteiger partial charge on any atom is 0.573 e. The molecule has 2 saturated carbocycles. The Morgan fingerprint density at radius 1 is 1.28 bits per heavy atom. The molecule has 2 fully saturated rings. The largest absolute Gasteiger partial charge is 0.573 e. The monoisotopic (exact) mass is 357 g/mol. The Hall–Kier alpha value is -2.25. The average molecular weight is 357 g/mol. The number of nitrogens with one attached hydrogen (secondary N) is 1. The van der Waals surface area contributed by atoms with E-state index in [0.717, 1.165) is 6.42 Å². The minimum atomic E-state index is -4.79. The Kier molecular flexibility index (Phi) is 4.38. The molecule has 2 unspecified atom stereocenters. The second kappa shape index (κ2) is 6.24. The van der Waals surface area contributed by atoms with Gasteiger partial charge in [0.05, 0.1) is 12.0 Å². The molecule has 0 aromatic heterocycles. The molecule has 0 bridgehead atoms. The lowest BCUT2D eigenvalue weighted by Gasteiger charge is -2.41. The molecule has 136 valence electrons. The predicted molar refractivity (Wildman–Crippen MR) is 81.0 cm³/mol. The minimum absolute atomic E-state index is 0.135. The fourth-order valence-electron chi connectivity index (χ4n) is 3.43. The highest BCUT2D eigenvalue weighted by Crippen LogP contribution is 2.51. The minimum Gasteiger partial charge on any atom is -0.481 e. The van der Waals surface area contributed by atoms with Crippen molar-refractivity contribution in [1.82, 2.24) is 5.32 Å². The topological polar surface area (TPSA) is 75.6 Å². The number of carbonyl (C=O) groups is 2. The van der Waals surface area contributed by atoms with Gasteiger partial charge in [-0.1, -0.05) is 18.2 Å². The Bertz CT molecular complexity index is 685. The molecule has 2 aliphatic rings. The van der Waals surface area contributed by atoms with E-state index in [1.807, 2.05) is 0 Å². The van der Waals surface area contributed by atoms with Crippen LogP contribution >= 0.6 is 0 Å². The number of para-hydroxylation sites is 1. The third-order valence-corrected chi connectivity index (χ3v) is 4.86. The predicted octanol–water partition coefficient (Wildman–Crippen LogP) is 3.20. The highest BCUT2D eigenvalue weighted by Gasteiger charge is 2.49. The van der Waals surface area contributed by atoms with Gasteiger partial charge in [0, 0.05) is 5.92 Å². The fourth-order valence-corrected chi connectivity index (χ4v) is 3.43. The summed E-state index contributed by atoms with van der Waals surface area (Å²) < 4.78 is 41.5. The zero-order valence-corrected chi connectivity index (χ0v) is 13.3. The molecule has 0 radical (unpaired) electrons. The van der Waals surface area contributed by atoms with Crippen LogP contribution in [-0.2, 0) is 9.59 Å². The summed E-state index contributed by atoms with van der Waals surface area (Å²) in [6.07, 6.45) is -2.44. The lowest BCUT2D eigenvalue weighted by molar-refractivity contribution is -0.274. The SMILES string of the molecule is O=C(O)CC1(NC(=O)C2CC2c2ccccc2OC(F)(F)F)CCC1. The van der Waals surface area contributed by atoms with E-state index in [9.17, 15) is 22.8 Å². The van der Waals surface area contributed by atoms with Gasteiger partial charge in [-0.2, -0.15) is 0 Å². The van der Waals surface area contributed by atoms with Gasteiger partial charge < -0.3 is 15.2 Å². The molecule has 1 aromatic rings. The van der Waals surface area contributed by atoms with Gasteiger partial charge in [-0.15, -0.1) is 13.2 Å². The van der Waals surface area contributed by atoms with E-state index < -0.39 is 23.8 Å². The fraction of sp³-hybridized carbons (Fsp3) is 0.529. The average Bonchev–Trinajstić information content (AvgIpc) is 3.23. The quantitative estimate of drug-likeness (QED) is 0.820. The van der Waals surface area contributed by atoms with Crippen molar-refractivity contribution < 1.29 is 32.6 Å². The number of aliphatic carboxylic acids is 1. The molecule has 0 heterocycles. The first-order valence-corrected chi connectivity index (χ1v) is 8.08. The van der Waals surface area contributed by atoms with Gasteiger partial charge in [-0.3, -0.25) is 9.59 Å². The van der Waals surface area contributed by atoms with Crippen molar-refractivity contribution in [3.8, 4) is 5.75 Å². The van der Waals surface area contributed by atoms with Crippen molar-refractivity contribution >= 4 is 11.9 Å². The number of halogens is 3. The maximum absolute atomic E-state index is 12.5. The van der Waals surface area contributed by atoms with Crippen molar-refractivity contribution in [1.29, 1.82) is 0 Å². The Morgan fingerprint density at radius 3 is 2.52 bits per heavy atom. The molecule has 0 spiro atoms. The Labute approximate surface area is 142 Å². The molecule has 0 saturated heterocycles. The van der Waals surface area contributed by atoms with Crippen LogP contribution in [0.1, 0.15) is 43.6 Å². The number of rotatable bonds is 6. The Balaban J connectivity index is 1.67. The van der Waals surface area contributed by atoms with Gasteiger partial charge in [0.15, 0.2) is 0 Å². The standard InChI is InChI=1S/C17H18F3NO4/c18-17(19,20)25-13-5-2-1-4-10(13)11-8-12(11)15(24)21-16(6-3-7-16)9-14(22)23/h1-2,4-5,11-12H,3,6-9H2,(H,21,24)(H,22,23). The van der Waals surface area contributed by atoms with Crippen molar-refractivity contribution in [2.24, 2.45) is 5.92 Å². The van der Waals surface area contributed by atoms with Crippen LogP contribution in [0.5, 0.6) is 5.75 Å². The number of carboxylic acid groups (broad SMARTS) is 1. The molecule has 3 rings (SSSR count). The van der Waals surface area contributed by atoms with Crippen LogP contribution in [0, 0.1) is 5.92 Å². The van der Waals surface area contributed by atoms with E-state index in [-0.39, 0.29) is 24.0 Å². The van der Waals surface area contributed by atoms with E-state index >= 15 is 0 Å². The third kappa shape index (κ3) is 4.05. The summed E-state index contributed by atoms with van der Waals surface area (Å²) in [6.45, 7) is 0. The van der Waals surface area contributed by atoms with Crippen LogP contribution in [0.4, 0.5) is 13.2 Å². The van der Waals surface area contributed by atoms with Crippen molar-refractivity contribution in [3.63, 3.8) is 0 Å². The summed E-state index contributed by atoms with van der Waals surface area (Å²) in [6, 6.07) is 5.80. The van der Waals surface area contributed by atoms with Crippen molar-refractivity contribution in [3.05, 3.63) is 29.8 Å². The van der Waals surface area contributed by atoms with Crippen LogP contribution in [0.25, 0.3) is 0 Å². The molecule has 1 amide bonds. The molecule has 2 atom stereocenters. The van der Waals surface area contributed by atoms with E-state index in [1.165, 1.54) is 18.2 Å². The second-order valence-corrected chi connectivity index (χ2v) is 6.73. The number of hydrogen-bond acceptors (Lipinski definition) is 3. The number of carbonyl (C=O) groups excluding carboxylic acids is 1. The maximum atomic E-state index is 12.5. The molecule has 8 heteroatoms.